The number of sulfone groups is 1. The van der Waals surface area contributed by atoms with E-state index < -0.39 is 27.4 Å². The van der Waals surface area contributed by atoms with E-state index in [0.29, 0.717) is 13.0 Å². The standard InChI is InChI=1S/C14H19N3O6S/c1-22-11-6-5-10(13(15-11)23-2)14(19)17-8-4-7-16(17)12(18)9-24(3,20)21/h5-6H,4,7-9H2,1-3H3. The predicted molar refractivity (Wildman–Crippen MR) is 84.4 cm³/mol. The molecule has 0 N–H and O–H groups in total. The number of carbonyl (C=O) groups excluding carboxylic acids is 2. The van der Waals surface area contributed by atoms with Crippen LogP contribution in [0.25, 0.3) is 0 Å². The van der Waals surface area contributed by atoms with Crippen LogP contribution < -0.4 is 9.47 Å². The first-order valence-corrected chi connectivity index (χ1v) is 9.21. The fourth-order valence-corrected chi connectivity index (χ4v) is 2.97. The monoisotopic (exact) mass is 357 g/mol. The van der Waals surface area contributed by atoms with Crippen LogP contribution in [0.2, 0.25) is 0 Å². The lowest BCUT2D eigenvalue weighted by Gasteiger charge is -2.28. The molecule has 2 heterocycles. The molecular formula is C14H19N3O6S. The minimum absolute atomic E-state index is 0.0711. The van der Waals surface area contributed by atoms with E-state index in [1.54, 1.807) is 0 Å². The maximum atomic E-state index is 12.7. The number of nitrogens with zero attached hydrogens (tertiary/aromatic N) is 3. The molecule has 2 amide bonds. The quantitative estimate of drug-likeness (QED) is 0.714. The highest BCUT2D eigenvalue weighted by Crippen LogP contribution is 2.24. The van der Waals surface area contributed by atoms with Gasteiger partial charge in [0, 0.05) is 25.4 Å². The molecule has 0 radical (unpaired) electrons. The van der Waals surface area contributed by atoms with Gasteiger partial charge < -0.3 is 9.47 Å². The highest BCUT2D eigenvalue weighted by Gasteiger charge is 2.34. The van der Waals surface area contributed by atoms with Crippen LogP contribution in [0.15, 0.2) is 12.1 Å². The maximum Gasteiger partial charge on any atom is 0.277 e. The van der Waals surface area contributed by atoms with E-state index in [-0.39, 0.29) is 23.9 Å². The number of amides is 2. The largest absolute Gasteiger partial charge is 0.481 e. The van der Waals surface area contributed by atoms with Gasteiger partial charge in [0.2, 0.25) is 11.8 Å². The summed E-state index contributed by atoms with van der Waals surface area (Å²) >= 11 is 0. The Hall–Kier alpha value is -2.36. The Bertz CT molecular complexity index is 749. The first kappa shape index (κ1) is 18.0. The molecule has 10 heteroatoms. The lowest BCUT2D eigenvalue weighted by Crippen LogP contribution is -2.47. The van der Waals surface area contributed by atoms with Crippen LogP contribution in [0.4, 0.5) is 0 Å². The van der Waals surface area contributed by atoms with E-state index in [0.717, 1.165) is 11.3 Å². The molecule has 1 aromatic rings. The summed E-state index contributed by atoms with van der Waals surface area (Å²) in [5.74, 6) is -1.41. The van der Waals surface area contributed by atoms with E-state index in [1.807, 2.05) is 0 Å². The van der Waals surface area contributed by atoms with Gasteiger partial charge in [0.25, 0.3) is 11.8 Å². The number of ether oxygens (including phenoxy) is 2. The fraction of sp³-hybridized carbons (Fsp3) is 0.500. The summed E-state index contributed by atoms with van der Waals surface area (Å²) in [4.78, 5) is 28.9. The Labute approximate surface area is 140 Å². The molecule has 9 nitrogen and oxygen atoms in total. The Balaban J connectivity index is 2.26. The molecule has 1 fully saturated rings. The van der Waals surface area contributed by atoms with Gasteiger partial charge in [0.1, 0.15) is 11.3 Å². The van der Waals surface area contributed by atoms with Gasteiger partial charge in [-0.05, 0) is 12.5 Å². The third-order valence-electron chi connectivity index (χ3n) is 3.41. The molecule has 24 heavy (non-hydrogen) atoms. The minimum atomic E-state index is -3.48. The summed E-state index contributed by atoms with van der Waals surface area (Å²) in [6, 6.07) is 3.00. The Morgan fingerprint density at radius 2 is 1.83 bits per heavy atom. The topological polar surface area (TPSA) is 106 Å². The summed E-state index contributed by atoms with van der Waals surface area (Å²) in [7, 11) is -0.669. The number of methoxy groups -OCH3 is 2. The minimum Gasteiger partial charge on any atom is -0.481 e. The van der Waals surface area contributed by atoms with Gasteiger partial charge in [-0.3, -0.25) is 14.6 Å². The molecule has 132 valence electrons. The molecule has 1 aliphatic rings. The van der Waals surface area contributed by atoms with Crippen LogP contribution in [0, 0.1) is 0 Å². The van der Waals surface area contributed by atoms with E-state index in [2.05, 4.69) is 4.98 Å². The second-order valence-electron chi connectivity index (χ2n) is 5.28. The average molecular weight is 357 g/mol. The molecule has 0 aromatic carbocycles. The number of hydrogen-bond donors (Lipinski definition) is 0. The number of hydrazine groups is 1. The van der Waals surface area contributed by atoms with E-state index in [9.17, 15) is 18.0 Å². The molecule has 1 aromatic heterocycles. The van der Waals surface area contributed by atoms with E-state index >= 15 is 0 Å². The summed E-state index contributed by atoms with van der Waals surface area (Å²) in [5.41, 5.74) is 0.164. The zero-order chi connectivity index (χ0) is 17.9. The molecule has 0 bridgehead atoms. The van der Waals surface area contributed by atoms with Crippen molar-refractivity contribution in [2.45, 2.75) is 6.42 Å². The van der Waals surface area contributed by atoms with Crippen LogP contribution >= 0.6 is 0 Å². The summed E-state index contributed by atoms with van der Waals surface area (Å²) < 4.78 is 32.7. The van der Waals surface area contributed by atoms with E-state index in [4.69, 9.17) is 9.47 Å². The lowest BCUT2D eigenvalue weighted by molar-refractivity contribution is -0.137. The van der Waals surface area contributed by atoms with Crippen molar-refractivity contribution >= 4 is 21.7 Å². The van der Waals surface area contributed by atoms with Gasteiger partial charge in [0.15, 0.2) is 9.84 Å². The van der Waals surface area contributed by atoms with E-state index in [1.165, 1.54) is 31.4 Å². The Morgan fingerprint density at radius 1 is 1.17 bits per heavy atom. The third-order valence-corrected chi connectivity index (χ3v) is 4.18. The number of hydrogen-bond acceptors (Lipinski definition) is 7. The van der Waals surface area contributed by atoms with Crippen LogP contribution in [-0.4, -0.2) is 74.6 Å². The van der Waals surface area contributed by atoms with Gasteiger partial charge in [-0.25, -0.2) is 13.4 Å². The second kappa shape index (κ2) is 7.04. The van der Waals surface area contributed by atoms with Gasteiger partial charge in [0.05, 0.1) is 14.2 Å². The fourth-order valence-electron chi connectivity index (χ4n) is 2.38. The molecule has 0 spiro atoms. The molecule has 0 atom stereocenters. The highest BCUT2D eigenvalue weighted by atomic mass is 32.2. The molecular weight excluding hydrogens is 338 g/mol. The van der Waals surface area contributed by atoms with Crippen LogP contribution in [0.3, 0.4) is 0 Å². The average Bonchev–Trinajstić information content (AvgIpc) is 3.01. The zero-order valence-corrected chi connectivity index (χ0v) is 14.5. The number of carbonyl (C=O) groups is 2. The molecule has 1 saturated heterocycles. The number of rotatable bonds is 5. The molecule has 2 rings (SSSR count). The highest BCUT2D eigenvalue weighted by molar-refractivity contribution is 7.91. The summed E-state index contributed by atoms with van der Waals surface area (Å²) in [6.45, 7) is 0.593. The smallest absolute Gasteiger partial charge is 0.277 e. The molecule has 0 aliphatic carbocycles. The molecule has 0 saturated carbocycles. The van der Waals surface area contributed by atoms with Gasteiger partial charge in [-0.1, -0.05) is 0 Å². The Morgan fingerprint density at radius 3 is 2.42 bits per heavy atom. The summed E-state index contributed by atoms with van der Waals surface area (Å²) in [5, 5.41) is 2.38. The first-order valence-electron chi connectivity index (χ1n) is 7.15. The maximum absolute atomic E-state index is 12.7. The van der Waals surface area contributed by atoms with Crippen molar-refractivity contribution in [2.75, 3.05) is 39.3 Å². The van der Waals surface area contributed by atoms with Crippen molar-refractivity contribution in [3.63, 3.8) is 0 Å². The number of pyridine rings is 1. The van der Waals surface area contributed by atoms with Crippen molar-refractivity contribution in [3.8, 4) is 11.8 Å². The van der Waals surface area contributed by atoms with Crippen molar-refractivity contribution in [2.24, 2.45) is 0 Å². The second-order valence-corrected chi connectivity index (χ2v) is 7.42. The normalized spacial score (nSPS) is 14.6. The van der Waals surface area contributed by atoms with Gasteiger partial charge in [-0.2, -0.15) is 4.98 Å². The molecule has 1 aliphatic heterocycles. The SMILES string of the molecule is COc1ccc(C(=O)N2CCCN2C(=O)CS(C)(=O)=O)c(OC)n1. The molecule has 0 unspecified atom stereocenters. The van der Waals surface area contributed by atoms with Crippen molar-refractivity contribution in [1.82, 2.24) is 15.0 Å². The number of aromatic nitrogens is 1. The lowest BCUT2D eigenvalue weighted by atomic mass is 10.2. The van der Waals surface area contributed by atoms with Crippen molar-refractivity contribution in [3.05, 3.63) is 17.7 Å². The van der Waals surface area contributed by atoms with Crippen LogP contribution in [-0.2, 0) is 14.6 Å². The van der Waals surface area contributed by atoms with Gasteiger partial charge >= 0.3 is 0 Å². The van der Waals surface area contributed by atoms with Crippen molar-refractivity contribution < 1.29 is 27.5 Å². The van der Waals surface area contributed by atoms with Crippen LogP contribution in [0.5, 0.6) is 11.8 Å². The predicted octanol–water partition coefficient (Wildman–Crippen LogP) is -0.267. The Kier molecular flexibility index (Phi) is 5.27. The zero-order valence-electron chi connectivity index (χ0n) is 13.7. The first-order chi connectivity index (χ1) is 11.3. The van der Waals surface area contributed by atoms with Gasteiger partial charge in [-0.15, -0.1) is 0 Å². The third kappa shape index (κ3) is 3.94. The van der Waals surface area contributed by atoms with Crippen LogP contribution in [0.1, 0.15) is 16.8 Å². The summed E-state index contributed by atoms with van der Waals surface area (Å²) in [6.07, 6.45) is 1.54. The van der Waals surface area contributed by atoms with Crippen molar-refractivity contribution in [1.29, 1.82) is 0 Å².